The topological polar surface area (TPSA) is 73.1 Å². The lowest BCUT2D eigenvalue weighted by molar-refractivity contribution is 0.0534. The standard InChI is InChI=1S/C11H20N4O/c1-4-8-7-10(15-12)14-11(13-8)9(5-2)16-6-3/h7,9H,4-6,12H2,1-3H3,(H,13,14,15). The number of aryl methyl sites for hydroxylation is 1. The number of nitrogens with two attached hydrogens (primary N) is 1. The molecular formula is C11H20N4O. The maximum absolute atomic E-state index is 5.58. The van der Waals surface area contributed by atoms with Gasteiger partial charge in [0.25, 0.3) is 0 Å². The zero-order valence-electron chi connectivity index (χ0n) is 10.2. The van der Waals surface area contributed by atoms with Gasteiger partial charge in [0.1, 0.15) is 11.9 Å². The molecule has 0 saturated heterocycles. The van der Waals surface area contributed by atoms with Crippen LogP contribution in [0.4, 0.5) is 5.82 Å². The van der Waals surface area contributed by atoms with Crippen molar-refractivity contribution in [3.05, 3.63) is 17.6 Å². The van der Waals surface area contributed by atoms with Gasteiger partial charge in [0, 0.05) is 18.4 Å². The molecule has 5 heteroatoms. The lowest BCUT2D eigenvalue weighted by Gasteiger charge is -2.15. The first kappa shape index (κ1) is 12.9. The van der Waals surface area contributed by atoms with Gasteiger partial charge < -0.3 is 10.2 Å². The summed E-state index contributed by atoms with van der Waals surface area (Å²) in [5.41, 5.74) is 3.53. The van der Waals surface area contributed by atoms with E-state index in [4.69, 9.17) is 10.6 Å². The second kappa shape index (κ2) is 6.40. The molecule has 0 fully saturated rings. The van der Waals surface area contributed by atoms with Gasteiger partial charge in [-0.1, -0.05) is 13.8 Å². The number of nitrogens with zero attached hydrogens (tertiary/aromatic N) is 2. The molecule has 0 aliphatic heterocycles. The SMILES string of the molecule is CCOC(CC)c1nc(CC)cc(NN)n1. The van der Waals surface area contributed by atoms with Crippen LogP contribution in [0.25, 0.3) is 0 Å². The summed E-state index contributed by atoms with van der Waals surface area (Å²) in [5.74, 6) is 6.72. The second-order valence-corrected chi connectivity index (χ2v) is 3.45. The summed E-state index contributed by atoms with van der Waals surface area (Å²) in [6.45, 7) is 6.73. The van der Waals surface area contributed by atoms with Gasteiger partial charge in [-0.3, -0.25) is 0 Å². The highest BCUT2D eigenvalue weighted by atomic mass is 16.5. The highest BCUT2D eigenvalue weighted by Gasteiger charge is 2.14. The zero-order chi connectivity index (χ0) is 12.0. The van der Waals surface area contributed by atoms with Crippen LogP contribution >= 0.6 is 0 Å². The van der Waals surface area contributed by atoms with Gasteiger partial charge in [-0.05, 0) is 19.8 Å². The number of ether oxygens (including phenoxy) is 1. The van der Waals surface area contributed by atoms with E-state index < -0.39 is 0 Å². The Morgan fingerprint density at radius 3 is 2.62 bits per heavy atom. The van der Waals surface area contributed by atoms with Crippen molar-refractivity contribution < 1.29 is 4.74 Å². The summed E-state index contributed by atoms with van der Waals surface area (Å²) in [7, 11) is 0. The van der Waals surface area contributed by atoms with Crippen LogP contribution in [0.5, 0.6) is 0 Å². The Bertz CT molecular complexity index is 308. The fraction of sp³-hybridized carbons (Fsp3) is 0.636. The zero-order valence-corrected chi connectivity index (χ0v) is 10.2. The van der Waals surface area contributed by atoms with E-state index in [0.717, 1.165) is 18.5 Å². The van der Waals surface area contributed by atoms with Crippen molar-refractivity contribution in [1.82, 2.24) is 9.97 Å². The Balaban J connectivity index is 3.00. The molecule has 3 N–H and O–H groups in total. The molecular weight excluding hydrogens is 204 g/mol. The quantitative estimate of drug-likeness (QED) is 0.569. The van der Waals surface area contributed by atoms with Crippen molar-refractivity contribution in [1.29, 1.82) is 0 Å². The van der Waals surface area contributed by atoms with E-state index in [1.807, 2.05) is 19.9 Å². The van der Waals surface area contributed by atoms with Crippen LogP contribution in [0.2, 0.25) is 0 Å². The van der Waals surface area contributed by atoms with E-state index in [1.165, 1.54) is 0 Å². The number of nitrogens with one attached hydrogen (secondary N) is 1. The molecule has 90 valence electrons. The Kier molecular flexibility index (Phi) is 5.14. The Morgan fingerprint density at radius 2 is 2.12 bits per heavy atom. The Morgan fingerprint density at radius 1 is 1.38 bits per heavy atom. The third kappa shape index (κ3) is 3.15. The molecule has 1 heterocycles. The van der Waals surface area contributed by atoms with Crippen LogP contribution < -0.4 is 11.3 Å². The van der Waals surface area contributed by atoms with E-state index in [-0.39, 0.29) is 6.10 Å². The van der Waals surface area contributed by atoms with Gasteiger partial charge in [0.2, 0.25) is 0 Å². The summed E-state index contributed by atoms with van der Waals surface area (Å²) in [4.78, 5) is 8.78. The molecule has 0 saturated carbocycles. The summed E-state index contributed by atoms with van der Waals surface area (Å²) in [5, 5.41) is 0. The van der Waals surface area contributed by atoms with Gasteiger partial charge in [0.15, 0.2) is 5.82 Å². The molecule has 1 aromatic rings. The molecule has 1 atom stereocenters. The minimum absolute atomic E-state index is 0.0522. The first-order valence-corrected chi connectivity index (χ1v) is 5.71. The van der Waals surface area contributed by atoms with Gasteiger partial charge >= 0.3 is 0 Å². The van der Waals surface area contributed by atoms with Crippen LogP contribution in [0.1, 0.15) is 44.8 Å². The monoisotopic (exact) mass is 224 g/mol. The largest absolute Gasteiger partial charge is 0.371 e. The first-order chi connectivity index (χ1) is 7.74. The smallest absolute Gasteiger partial charge is 0.159 e. The first-order valence-electron chi connectivity index (χ1n) is 5.71. The van der Waals surface area contributed by atoms with Crippen molar-refractivity contribution in [2.75, 3.05) is 12.0 Å². The number of rotatable bonds is 6. The van der Waals surface area contributed by atoms with Crippen LogP contribution in [0, 0.1) is 0 Å². The summed E-state index contributed by atoms with van der Waals surface area (Å²) >= 11 is 0. The maximum atomic E-state index is 5.58. The van der Waals surface area contributed by atoms with Gasteiger partial charge in [-0.25, -0.2) is 15.8 Å². The lowest BCUT2D eigenvalue weighted by atomic mass is 10.2. The Labute approximate surface area is 96.4 Å². The number of anilines is 1. The second-order valence-electron chi connectivity index (χ2n) is 3.45. The molecule has 0 aromatic carbocycles. The van der Waals surface area contributed by atoms with Crippen LogP contribution in [0.3, 0.4) is 0 Å². The molecule has 0 aliphatic carbocycles. The normalized spacial score (nSPS) is 12.5. The summed E-state index contributed by atoms with van der Waals surface area (Å²) in [6.07, 6.45) is 1.65. The van der Waals surface area contributed by atoms with E-state index in [9.17, 15) is 0 Å². The lowest BCUT2D eigenvalue weighted by Crippen LogP contribution is -2.14. The molecule has 16 heavy (non-hydrogen) atoms. The van der Waals surface area contributed by atoms with Gasteiger partial charge in [-0.2, -0.15) is 0 Å². The number of hydrogen-bond acceptors (Lipinski definition) is 5. The summed E-state index contributed by atoms with van der Waals surface area (Å²) in [6, 6.07) is 1.85. The molecule has 5 nitrogen and oxygen atoms in total. The average Bonchev–Trinajstić information content (AvgIpc) is 2.35. The van der Waals surface area contributed by atoms with E-state index >= 15 is 0 Å². The third-order valence-electron chi connectivity index (χ3n) is 2.33. The number of aromatic nitrogens is 2. The highest BCUT2D eigenvalue weighted by Crippen LogP contribution is 2.19. The van der Waals surface area contributed by atoms with E-state index in [2.05, 4.69) is 22.3 Å². The fourth-order valence-corrected chi connectivity index (χ4v) is 1.49. The minimum atomic E-state index is -0.0522. The predicted octanol–water partition coefficient (Wildman–Crippen LogP) is 1.81. The molecule has 1 aromatic heterocycles. The molecule has 1 rings (SSSR count). The van der Waals surface area contributed by atoms with Crippen LogP contribution in [-0.2, 0) is 11.2 Å². The van der Waals surface area contributed by atoms with Gasteiger partial charge in [0.05, 0.1) is 0 Å². The Hall–Kier alpha value is -1.20. The fourth-order valence-electron chi connectivity index (χ4n) is 1.49. The predicted molar refractivity (Wildman–Crippen MR) is 63.9 cm³/mol. The van der Waals surface area contributed by atoms with Gasteiger partial charge in [-0.15, -0.1) is 0 Å². The van der Waals surface area contributed by atoms with Crippen molar-refractivity contribution in [3.8, 4) is 0 Å². The minimum Gasteiger partial charge on any atom is -0.371 e. The summed E-state index contributed by atoms with van der Waals surface area (Å²) < 4.78 is 5.58. The van der Waals surface area contributed by atoms with Crippen LogP contribution in [-0.4, -0.2) is 16.6 Å². The maximum Gasteiger partial charge on any atom is 0.159 e. The van der Waals surface area contributed by atoms with E-state index in [0.29, 0.717) is 18.2 Å². The van der Waals surface area contributed by atoms with Crippen molar-refractivity contribution >= 4 is 5.82 Å². The highest BCUT2D eigenvalue weighted by molar-refractivity contribution is 5.34. The molecule has 0 aliphatic rings. The molecule has 0 amide bonds. The van der Waals surface area contributed by atoms with Crippen molar-refractivity contribution in [2.24, 2.45) is 5.84 Å². The van der Waals surface area contributed by atoms with Crippen molar-refractivity contribution in [3.63, 3.8) is 0 Å². The molecule has 0 radical (unpaired) electrons. The molecule has 0 spiro atoms. The number of hydrazine groups is 1. The van der Waals surface area contributed by atoms with Crippen molar-refractivity contribution in [2.45, 2.75) is 39.7 Å². The van der Waals surface area contributed by atoms with E-state index in [1.54, 1.807) is 0 Å². The van der Waals surface area contributed by atoms with Crippen LogP contribution in [0.15, 0.2) is 6.07 Å². The molecule has 1 unspecified atom stereocenters. The number of nitrogen functional groups attached to an aromatic ring is 1. The third-order valence-corrected chi connectivity index (χ3v) is 2.33. The number of hydrogen-bond donors (Lipinski definition) is 2. The average molecular weight is 224 g/mol. The molecule has 0 bridgehead atoms.